The van der Waals surface area contributed by atoms with E-state index in [2.05, 4.69) is 10.6 Å². The second kappa shape index (κ2) is 10.6. The highest BCUT2D eigenvalue weighted by atomic mass is 35.5. The first-order valence-electron chi connectivity index (χ1n) is 8.03. The Morgan fingerprint density at radius 2 is 1.81 bits per heavy atom. The minimum absolute atomic E-state index is 0. The number of hydrogen-bond acceptors (Lipinski definition) is 4. The van der Waals surface area contributed by atoms with Gasteiger partial charge in [-0.25, -0.2) is 0 Å². The summed E-state index contributed by atoms with van der Waals surface area (Å²) < 4.78 is 5.12. The Kier molecular flexibility index (Phi) is 8.78. The number of aryl methyl sites for hydroxylation is 1. The van der Waals surface area contributed by atoms with Gasteiger partial charge in [0.2, 0.25) is 5.91 Å². The maximum Gasteiger partial charge on any atom is 0.255 e. The molecule has 0 saturated carbocycles. The van der Waals surface area contributed by atoms with Crippen molar-refractivity contribution in [3.63, 3.8) is 0 Å². The van der Waals surface area contributed by atoms with Crippen molar-refractivity contribution in [1.29, 1.82) is 0 Å². The van der Waals surface area contributed by atoms with E-state index >= 15 is 0 Å². The molecule has 1 unspecified atom stereocenters. The Morgan fingerprint density at radius 1 is 1.12 bits per heavy atom. The van der Waals surface area contributed by atoms with Crippen LogP contribution in [0.5, 0.6) is 0 Å². The number of ether oxygens (including phenoxy) is 1. The minimum atomic E-state index is -0.318. The second-order valence-corrected chi connectivity index (χ2v) is 5.70. The van der Waals surface area contributed by atoms with E-state index in [1.807, 2.05) is 19.1 Å². The molecule has 1 atom stereocenters. The van der Waals surface area contributed by atoms with Gasteiger partial charge in [-0.15, -0.1) is 12.4 Å². The minimum Gasteiger partial charge on any atom is -0.380 e. The van der Waals surface area contributed by atoms with E-state index in [9.17, 15) is 9.59 Å². The van der Waals surface area contributed by atoms with Crippen molar-refractivity contribution in [3.8, 4) is 0 Å². The van der Waals surface area contributed by atoms with Crippen LogP contribution in [0, 0.1) is 6.92 Å². The summed E-state index contributed by atoms with van der Waals surface area (Å²) in [4.78, 5) is 24.3. The van der Waals surface area contributed by atoms with E-state index in [1.165, 1.54) is 7.11 Å². The van der Waals surface area contributed by atoms with Gasteiger partial charge in [0.15, 0.2) is 0 Å². The molecule has 0 radical (unpaired) electrons. The fourth-order valence-corrected chi connectivity index (χ4v) is 2.30. The molecule has 0 saturated heterocycles. The molecule has 0 aliphatic heterocycles. The Labute approximate surface area is 159 Å². The summed E-state index contributed by atoms with van der Waals surface area (Å²) in [5.74, 6) is -0.392. The lowest BCUT2D eigenvalue weighted by atomic mass is 10.1. The summed E-state index contributed by atoms with van der Waals surface area (Å²) >= 11 is 0. The molecule has 0 aliphatic carbocycles. The van der Waals surface area contributed by atoms with Gasteiger partial charge < -0.3 is 21.1 Å². The van der Waals surface area contributed by atoms with Gasteiger partial charge >= 0.3 is 0 Å². The molecule has 140 valence electrons. The van der Waals surface area contributed by atoms with E-state index in [0.29, 0.717) is 16.9 Å². The van der Waals surface area contributed by atoms with Crippen LogP contribution >= 0.6 is 12.4 Å². The lowest BCUT2D eigenvalue weighted by Gasteiger charge is -2.15. The smallest absolute Gasteiger partial charge is 0.255 e. The van der Waals surface area contributed by atoms with Gasteiger partial charge in [0.25, 0.3) is 5.91 Å². The quantitative estimate of drug-likeness (QED) is 0.691. The predicted octanol–water partition coefficient (Wildman–Crippen LogP) is 2.97. The number of methoxy groups -OCH3 is 1. The Hall–Kier alpha value is -2.41. The number of nitrogens with one attached hydrogen (secondary N) is 2. The molecule has 2 aromatic rings. The lowest BCUT2D eigenvalue weighted by Crippen LogP contribution is -2.28. The number of benzene rings is 2. The maximum atomic E-state index is 12.2. The monoisotopic (exact) mass is 377 g/mol. The van der Waals surface area contributed by atoms with Crippen LogP contribution in [0.3, 0.4) is 0 Å². The Bertz CT molecular complexity index is 734. The highest BCUT2D eigenvalue weighted by molar-refractivity contribution is 6.04. The standard InChI is InChI=1S/C19H23N3O3.ClH/c1-13-8-9-15(21-19(24)14-6-4-3-5-7-14)10-17(13)22-18(23)11-16(12-20)25-2;/h3-10,16H,11-12,20H2,1-2H3,(H,21,24)(H,22,23);1H. The normalized spacial score (nSPS) is 11.2. The summed E-state index contributed by atoms with van der Waals surface area (Å²) in [7, 11) is 1.52. The molecule has 0 bridgehead atoms. The molecule has 0 aliphatic rings. The van der Waals surface area contributed by atoms with Crippen LogP contribution in [0.15, 0.2) is 48.5 Å². The van der Waals surface area contributed by atoms with Gasteiger partial charge in [0.1, 0.15) is 0 Å². The van der Waals surface area contributed by atoms with Crippen molar-refractivity contribution in [2.75, 3.05) is 24.3 Å². The highest BCUT2D eigenvalue weighted by Crippen LogP contribution is 2.21. The van der Waals surface area contributed by atoms with Crippen LogP contribution in [0.2, 0.25) is 0 Å². The highest BCUT2D eigenvalue weighted by Gasteiger charge is 2.13. The first-order valence-corrected chi connectivity index (χ1v) is 8.03. The van der Waals surface area contributed by atoms with Crippen molar-refractivity contribution >= 4 is 35.6 Å². The number of nitrogens with two attached hydrogens (primary N) is 1. The van der Waals surface area contributed by atoms with Gasteiger partial charge in [0, 0.05) is 30.6 Å². The molecule has 6 nitrogen and oxygen atoms in total. The molecule has 0 heterocycles. The molecule has 0 aromatic heterocycles. The molecular formula is C19H24ClN3O3. The SMILES string of the molecule is COC(CN)CC(=O)Nc1cc(NC(=O)c2ccccc2)ccc1C.Cl. The number of carbonyl (C=O) groups excluding carboxylic acids is 2. The van der Waals surface area contributed by atoms with Gasteiger partial charge in [0.05, 0.1) is 12.5 Å². The summed E-state index contributed by atoms with van der Waals surface area (Å²) in [5, 5.41) is 5.66. The molecule has 4 N–H and O–H groups in total. The van der Waals surface area contributed by atoms with Gasteiger partial charge in [-0.05, 0) is 36.8 Å². The molecule has 0 spiro atoms. The van der Waals surface area contributed by atoms with Crippen molar-refractivity contribution in [3.05, 3.63) is 59.7 Å². The first-order chi connectivity index (χ1) is 12.0. The third-order valence-electron chi connectivity index (χ3n) is 3.81. The van der Waals surface area contributed by atoms with E-state index < -0.39 is 0 Å². The predicted molar refractivity (Wildman–Crippen MR) is 106 cm³/mol. The van der Waals surface area contributed by atoms with Crippen LogP contribution in [-0.2, 0) is 9.53 Å². The number of halogens is 1. The number of anilines is 2. The third-order valence-corrected chi connectivity index (χ3v) is 3.81. The van der Waals surface area contributed by atoms with Gasteiger partial charge in [-0.2, -0.15) is 0 Å². The van der Waals surface area contributed by atoms with Crippen LogP contribution in [0.25, 0.3) is 0 Å². The molecule has 2 amide bonds. The van der Waals surface area contributed by atoms with Gasteiger partial charge in [-0.3, -0.25) is 9.59 Å². The van der Waals surface area contributed by atoms with Crippen molar-refractivity contribution in [2.45, 2.75) is 19.4 Å². The molecular weight excluding hydrogens is 354 g/mol. The number of hydrogen-bond donors (Lipinski definition) is 3. The third kappa shape index (κ3) is 6.15. The van der Waals surface area contributed by atoms with Crippen LogP contribution < -0.4 is 16.4 Å². The van der Waals surface area contributed by atoms with Crippen molar-refractivity contribution in [1.82, 2.24) is 0 Å². The molecule has 0 fully saturated rings. The van der Waals surface area contributed by atoms with E-state index in [0.717, 1.165) is 5.56 Å². The fraction of sp³-hybridized carbons (Fsp3) is 0.263. The zero-order valence-corrected chi connectivity index (χ0v) is 15.6. The largest absolute Gasteiger partial charge is 0.380 e. The van der Waals surface area contributed by atoms with Crippen LogP contribution in [0.1, 0.15) is 22.3 Å². The van der Waals surface area contributed by atoms with E-state index in [1.54, 1.807) is 36.4 Å². The average Bonchev–Trinajstić information content (AvgIpc) is 2.63. The molecule has 7 heteroatoms. The zero-order valence-electron chi connectivity index (χ0n) is 14.8. The zero-order chi connectivity index (χ0) is 18.2. The molecule has 26 heavy (non-hydrogen) atoms. The van der Waals surface area contributed by atoms with Crippen molar-refractivity contribution in [2.24, 2.45) is 5.73 Å². The summed E-state index contributed by atoms with van der Waals surface area (Å²) in [5.41, 5.74) is 8.25. The maximum absolute atomic E-state index is 12.2. The second-order valence-electron chi connectivity index (χ2n) is 5.70. The topological polar surface area (TPSA) is 93.4 Å². The van der Waals surface area contributed by atoms with E-state index in [4.69, 9.17) is 10.5 Å². The molecule has 2 rings (SSSR count). The van der Waals surface area contributed by atoms with Crippen LogP contribution in [-0.4, -0.2) is 31.6 Å². The summed E-state index contributed by atoms with van der Waals surface area (Å²) in [6.07, 6.45) is -0.145. The Balaban J connectivity index is 0.00000338. The lowest BCUT2D eigenvalue weighted by molar-refractivity contribution is -0.118. The summed E-state index contributed by atoms with van der Waals surface area (Å²) in [6.45, 7) is 2.16. The average molecular weight is 378 g/mol. The van der Waals surface area contributed by atoms with Gasteiger partial charge in [-0.1, -0.05) is 24.3 Å². The first kappa shape index (κ1) is 21.6. The number of carbonyl (C=O) groups is 2. The summed E-state index contributed by atoms with van der Waals surface area (Å²) in [6, 6.07) is 14.3. The van der Waals surface area contributed by atoms with Crippen molar-refractivity contribution < 1.29 is 14.3 Å². The van der Waals surface area contributed by atoms with Crippen LogP contribution in [0.4, 0.5) is 11.4 Å². The number of amides is 2. The Morgan fingerprint density at radius 3 is 2.42 bits per heavy atom. The van der Waals surface area contributed by atoms with E-state index in [-0.39, 0.29) is 43.3 Å². The fourth-order valence-electron chi connectivity index (χ4n) is 2.30. The molecule has 2 aromatic carbocycles. The number of rotatable bonds is 7.